The van der Waals surface area contributed by atoms with Crippen molar-refractivity contribution in [2.75, 3.05) is 0 Å². The summed E-state index contributed by atoms with van der Waals surface area (Å²) in [7, 11) is 0. The number of aromatic amines is 1. The van der Waals surface area contributed by atoms with Crippen LogP contribution in [0.5, 0.6) is 5.75 Å². The molecule has 7 heteroatoms. The number of H-pyrrole nitrogens is 1. The van der Waals surface area contributed by atoms with E-state index in [2.05, 4.69) is 31.2 Å². The Morgan fingerprint density at radius 3 is 2.77 bits per heavy atom. The van der Waals surface area contributed by atoms with Gasteiger partial charge >= 0.3 is 0 Å². The summed E-state index contributed by atoms with van der Waals surface area (Å²) in [6.07, 6.45) is 1.54. The Hall–Kier alpha value is -2.25. The largest absolute Gasteiger partial charge is 0.507 e. The number of hydrogen-bond donors (Lipinski definition) is 2. The maximum atomic E-state index is 9.85. The number of nitrogens with zero attached hydrogens (tertiary/aromatic N) is 3. The molecule has 0 spiro atoms. The highest BCUT2D eigenvalue weighted by Crippen LogP contribution is 2.21. The minimum atomic E-state index is 0.142. The average molecular weight is 375 g/mol. The second-order valence-electron chi connectivity index (χ2n) is 4.48. The monoisotopic (exact) mass is 374 g/mol. The van der Waals surface area contributed by atoms with Gasteiger partial charge in [-0.15, -0.1) is 0 Å². The van der Waals surface area contributed by atoms with Crippen molar-refractivity contribution in [1.82, 2.24) is 14.9 Å². The summed E-state index contributed by atoms with van der Waals surface area (Å²) < 4.78 is 2.75. The summed E-state index contributed by atoms with van der Waals surface area (Å²) in [5.41, 5.74) is 1.47. The maximum Gasteiger partial charge on any atom is 0.216 e. The van der Waals surface area contributed by atoms with E-state index in [0.29, 0.717) is 16.2 Å². The van der Waals surface area contributed by atoms with Crippen molar-refractivity contribution in [2.24, 2.45) is 5.10 Å². The number of halogens is 1. The molecule has 2 aromatic carbocycles. The molecule has 110 valence electrons. The maximum absolute atomic E-state index is 9.85. The van der Waals surface area contributed by atoms with E-state index in [-0.39, 0.29) is 5.75 Å². The molecule has 5 nitrogen and oxygen atoms in total. The van der Waals surface area contributed by atoms with Gasteiger partial charge in [0.1, 0.15) is 5.75 Å². The first kappa shape index (κ1) is 14.7. The van der Waals surface area contributed by atoms with Gasteiger partial charge < -0.3 is 5.11 Å². The van der Waals surface area contributed by atoms with E-state index in [0.717, 1.165) is 10.0 Å². The molecule has 0 unspecified atom stereocenters. The van der Waals surface area contributed by atoms with Gasteiger partial charge in [0.25, 0.3) is 0 Å². The first-order valence-electron chi connectivity index (χ1n) is 6.41. The van der Waals surface area contributed by atoms with E-state index in [4.69, 9.17) is 12.2 Å². The van der Waals surface area contributed by atoms with Crippen LogP contribution in [0.1, 0.15) is 5.56 Å². The summed E-state index contributed by atoms with van der Waals surface area (Å²) in [5.74, 6) is 0.750. The third-order valence-electron chi connectivity index (χ3n) is 2.98. The summed E-state index contributed by atoms with van der Waals surface area (Å²) in [6.45, 7) is 0. The molecule has 3 rings (SSSR count). The lowest BCUT2D eigenvalue weighted by Crippen LogP contribution is -1.95. The number of benzene rings is 2. The predicted octanol–water partition coefficient (Wildman–Crippen LogP) is 3.96. The van der Waals surface area contributed by atoms with Gasteiger partial charge in [0.15, 0.2) is 5.82 Å². The van der Waals surface area contributed by atoms with Crippen LogP contribution in [0.3, 0.4) is 0 Å². The lowest BCUT2D eigenvalue weighted by molar-refractivity contribution is 0.474. The molecule has 0 bridgehead atoms. The second kappa shape index (κ2) is 6.25. The molecular weight excluding hydrogens is 364 g/mol. The van der Waals surface area contributed by atoms with Gasteiger partial charge in [0.05, 0.1) is 6.21 Å². The predicted molar refractivity (Wildman–Crippen MR) is 91.6 cm³/mol. The Balaban J connectivity index is 2.03. The highest BCUT2D eigenvalue weighted by molar-refractivity contribution is 9.10. The minimum absolute atomic E-state index is 0.142. The van der Waals surface area contributed by atoms with Crippen molar-refractivity contribution in [3.8, 4) is 17.1 Å². The highest BCUT2D eigenvalue weighted by atomic mass is 79.9. The SMILES string of the molecule is Oc1ccc(Br)cc1/C=N\n1c(-c2ccccc2)n[nH]c1=S. The van der Waals surface area contributed by atoms with Crippen LogP contribution in [0.4, 0.5) is 0 Å². The molecule has 0 aliphatic carbocycles. The smallest absolute Gasteiger partial charge is 0.216 e. The Bertz CT molecular complexity index is 886. The van der Waals surface area contributed by atoms with Crippen LogP contribution in [-0.2, 0) is 0 Å². The normalized spacial score (nSPS) is 11.1. The molecule has 0 radical (unpaired) electrons. The minimum Gasteiger partial charge on any atom is -0.507 e. The van der Waals surface area contributed by atoms with Gasteiger partial charge in [0, 0.05) is 15.6 Å². The zero-order valence-corrected chi connectivity index (χ0v) is 13.7. The van der Waals surface area contributed by atoms with Crippen LogP contribution >= 0.6 is 28.1 Å². The molecule has 1 aromatic heterocycles. The van der Waals surface area contributed by atoms with Crippen molar-refractivity contribution in [3.05, 3.63) is 63.3 Å². The van der Waals surface area contributed by atoms with Gasteiger partial charge in [0.2, 0.25) is 4.77 Å². The fraction of sp³-hybridized carbons (Fsp3) is 0. The molecule has 22 heavy (non-hydrogen) atoms. The van der Waals surface area contributed by atoms with E-state index in [1.807, 2.05) is 30.3 Å². The molecule has 0 saturated heterocycles. The molecule has 0 amide bonds. The standard InChI is InChI=1S/C15H11BrN4OS/c16-12-6-7-13(21)11(8-12)9-17-20-14(18-19-15(20)22)10-4-2-1-3-5-10/h1-9,21H,(H,19,22)/b17-9-. The number of phenols is 1. The number of aromatic nitrogens is 3. The average Bonchev–Trinajstić information content (AvgIpc) is 2.90. The van der Waals surface area contributed by atoms with Crippen molar-refractivity contribution in [2.45, 2.75) is 0 Å². The van der Waals surface area contributed by atoms with E-state index in [9.17, 15) is 5.11 Å². The van der Waals surface area contributed by atoms with E-state index >= 15 is 0 Å². The van der Waals surface area contributed by atoms with Crippen LogP contribution in [0.25, 0.3) is 11.4 Å². The van der Waals surface area contributed by atoms with Crippen molar-refractivity contribution < 1.29 is 5.11 Å². The molecular formula is C15H11BrN4OS. The summed E-state index contributed by atoms with van der Waals surface area (Å²) >= 11 is 8.57. The van der Waals surface area contributed by atoms with E-state index in [1.54, 1.807) is 18.2 Å². The van der Waals surface area contributed by atoms with Crippen LogP contribution < -0.4 is 0 Å². The van der Waals surface area contributed by atoms with Gasteiger partial charge in [-0.1, -0.05) is 46.3 Å². The molecule has 0 aliphatic rings. The summed E-state index contributed by atoms with van der Waals surface area (Å²) in [5, 5.41) is 21.1. The molecule has 1 heterocycles. The number of rotatable bonds is 3. The fourth-order valence-corrected chi connectivity index (χ4v) is 2.48. The van der Waals surface area contributed by atoms with Crippen molar-refractivity contribution in [3.63, 3.8) is 0 Å². The number of phenolic OH excluding ortho intramolecular Hbond substituents is 1. The third-order valence-corrected chi connectivity index (χ3v) is 3.74. The van der Waals surface area contributed by atoms with Crippen molar-refractivity contribution in [1.29, 1.82) is 0 Å². The Kier molecular flexibility index (Phi) is 4.17. The zero-order chi connectivity index (χ0) is 15.5. The quantitative estimate of drug-likeness (QED) is 0.538. The lowest BCUT2D eigenvalue weighted by atomic mass is 10.2. The van der Waals surface area contributed by atoms with Gasteiger partial charge in [-0.05, 0) is 30.4 Å². The highest BCUT2D eigenvalue weighted by Gasteiger charge is 2.07. The molecule has 0 atom stereocenters. The van der Waals surface area contributed by atoms with E-state index < -0.39 is 0 Å². The van der Waals surface area contributed by atoms with Gasteiger partial charge in [-0.3, -0.25) is 0 Å². The summed E-state index contributed by atoms with van der Waals surface area (Å²) in [4.78, 5) is 0. The first-order chi connectivity index (χ1) is 10.6. The Labute approximate surface area is 140 Å². The zero-order valence-electron chi connectivity index (χ0n) is 11.3. The van der Waals surface area contributed by atoms with Gasteiger partial charge in [-0.2, -0.15) is 14.9 Å². The Morgan fingerprint density at radius 2 is 2.00 bits per heavy atom. The lowest BCUT2D eigenvalue weighted by Gasteiger charge is -2.02. The van der Waals surface area contributed by atoms with Crippen molar-refractivity contribution >= 4 is 34.4 Å². The topological polar surface area (TPSA) is 66.2 Å². The summed E-state index contributed by atoms with van der Waals surface area (Å²) in [6, 6.07) is 14.7. The fourth-order valence-electron chi connectivity index (χ4n) is 1.92. The number of hydrogen-bond acceptors (Lipinski definition) is 4. The van der Waals surface area contributed by atoms with Crippen LogP contribution in [-0.4, -0.2) is 26.2 Å². The number of aromatic hydroxyl groups is 1. The molecule has 0 fully saturated rings. The number of nitrogens with one attached hydrogen (secondary N) is 1. The van der Waals surface area contributed by atoms with Crippen LogP contribution in [0.15, 0.2) is 58.1 Å². The molecule has 2 N–H and O–H groups in total. The molecule has 0 saturated carbocycles. The first-order valence-corrected chi connectivity index (χ1v) is 7.61. The molecule has 0 aliphatic heterocycles. The second-order valence-corrected chi connectivity index (χ2v) is 5.78. The van der Waals surface area contributed by atoms with Crippen LogP contribution in [0, 0.1) is 4.77 Å². The Morgan fingerprint density at radius 1 is 1.23 bits per heavy atom. The van der Waals surface area contributed by atoms with E-state index in [1.165, 1.54) is 10.9 Å². The molecule has 3 aromatic rings. The van der Waals surface area contributed by atoms with Gasteiger partial charge in [-0.25, -0.2) is 5.10 Å². The third kappa shape index (κ3) is 3.00. The van der Waals surface area contributed by atoms with Crippen LogP contribution in [0.2, 0.25) is 0 Å².